The zero-order valence-corrected chi connectivity index (χ0v) is 15.5. The number of hydrogen-bond acceptors (Lipinski definition) is 6. The Bertz CT molecular complexity index is 828. The normalized spacial score (nSPS) is 11.0. The average Bonchev–Trinajstić information content (AvgIpc) is 3.25. The number of carbonyl (C=O) groups excluding carboxylic acids is 1. The smallest absolute Gasteiger partial charge is 0.220 e. The summed E-state index contributed by atoms with van der Waals surface area (Å²) in [6.07, 6.45) is 1.09. The molecule has 0 aliphatic heterocycles. The molecule has 7 heteroatoms. The molecule has 3 aromatic rings. The Labute approximate surface area is 148 Å². The second-order valence-electron chi connectivity index (χ2n) is 5.60. The van der Waals surface area contributed by atoms with Crippen LogP contribution < -0.4 is 5.32 Å². The van der Waals surface area contributed by atoms with Gasteiger partial charge in [-0.2, -0.15) is 0 Å². The predicted molar refractivity (Wildman–Crippen MR) is 96.3 cm³/mol. The lowest BCUT2D eigenvalue weighted by Gasteiger charge is -2.03. The summed E-state index contributed by atoms with van der Waals surface area (Å²) in [5, 5.41) is 10.0. The summed E-state index contributed by atoms with van der Waals surface area (Å²) in [5.41, 5.74) is 2.91. The molecule has 0 spiro atoms. The van der Waals surface area contributed by atoms with Crippen LogP contribution in [-0.2, 0) is 17.8 Å². The van der Waals surface area contributed by atoms with Crippen molar-refractivity contribution in [1.29, 1.82) is 0 Å². The van der Waals surface area contributed by atoms with E-state index in [1.54, 1.807) is 22.7 Å². The van der Waals surface area contributed by atoms with E-state index in [2.05, 4.69) is 26.9 Å². The molecule has 0 radical (unpaired) electrons. The summed E-state index contributed by atoms with van der Waals surface area (Å²) < 4.78 is 5.12. The summed E-state index contributed by atoms with van der Waals surface area (Å²) in [6, 6.07) is 4.10. The van der Waals surface area contributed by atoms with Crippen molar-refractivity contribution in [2.45, 2.75) is 40.2 Å². The third kappa shape index (κ3) is 3.91. The lowest BCUT2D eigenvalue weighted by Crippen LogP contribution is -2.22. The minimum atomic E-state index is 0.0365. The molecule has 3 aromatic heterocycles. The fourth-order valence-corrected chi connectivity index (χ4v) is 4.05. The SMILES string of the molecule is Cc1nc(-c2ccc(CNC(=O)CCc3c(C)noc3C)s2)cs1. The van der Waals surface area contributed by atoms with Crippen molar-refractivity contribution in [3.8, 4) is 10.6 Å². The van der Waals surface area contributed by atoms with Gasteiger partial charge in [-0.25, -0.2) is 4.98 Å². The predicted octanol–water partition coefficient (Wildman–Crippen LogP) is 4.03. The molecular weight excluding hydrogens is 342 g/mol. The molecule has 0 saturated heterocycles. The second kappa shape index (κ2) is 7.27. The van der Waals surface area contributed by atoms with Gasteiger partial charge in [0.15, 0.2) is 0 Å². The van der Waals surface area contributed by atoms with Crippen LogP contribution in [0.2, 0.25) is 0 Å². The fourth-order valence-electron chi connectivity index (χ4n) is 2.46. The Morgan fingerprint density at radius 3 is 2.79 bits per heavy atom. The van der Waals surface area contributed by atoms with Crippen molar-refractivity contribution in [2.75, 3.05) is 0 Å². The van der Waals surface area contributed by atoms with Gasteiger partial charge in [-0.1, -0.05) is 5.16 Å². The molecule has 0 unspecified atom stereocenters. The van der Waals surface area contributed by atoms with Crippen LogP contribution >= 0.6 is 22.7 Å². The zero-order valence-electron chi connectivity index (χ0n) is 13.9. The first-order chi connectivity index (χ1) is 11.5. The van der Waals surface area contributed by atoms with Crippen LogP contribution in [0.5, 0.6) is 0 Å². The standard InChI is InChI=1S/C17H19N3O2S2/c1-10-14(11(2)22-20-10)5-7-17(21)18-8-13-4-6-16(24-13)15-9-23-12(3)19-15/h4,6,9H,5,7-8H2,1-3H3,(H,18,21). The molecule has 126 valence electrons. The van der Waals surface area contributed by atoms with Crippen LogP contribution in [0.3, 0.4) is 0 Å². The monoisotopic (exact) mass is 361 g/mol. The van der Waals surface area contributed by atoms with E-state index in [0.29, 0.717) is 19.4 Å². The lowest BCUT2D eigenvalue weighted by molar-refractivity contribution is -0.121. The highest BCUT2D eigenvalue weighted by Gasteiger charge is 2.12. The third-order valence-electron chi connectivity index (χ3n) is 3.78. The Hall–Kier alpha value is -1.99. The molecule has 5 nitrogen and oxygen atoms in total. The summed E-state index contributed by atoms with van der Waals surface area (Å²) in [5.74, 6) is 0.830. The van der Waals surface area contributed by atoms with Crippen molar-refractivity contribution in [1.82, 2.24) is 15.5 Å². The summed E-state index contributed by atoms with van der Waals surface area (Å²) in [7, 11) is 0. The number of aromatic nitrogens is 2. The Morgan fingerprint density at radius 2 is 2.12 bits per heavy atom. The number of thiophene rings is 1. The van der Waals surface area contributed by atoms with Crippen LogP contribution in [0.4, 0.5) is 0 Å². The maximum Gasteiger partial charge on any atom is 0.220 e. The van der Waals surface area contributed by atoms with Crippen LogP contribution in [0.25, 0.3) is 10.6 Å². The van der Waals surface area contributed by atoms with Crippen molar-refractivity contribution < 1.29 is 9.32 Å². The minimum absolute atomic E-state index is 0.0365. The number of amides is 1. The summed E-state index contributed by atoms with van der Waals surface area (Å²) in [4.78, 5) is 18.8. The van der Waals surface area contributed by atoms with Gasteiger partial charge in [0.25, 0.3) is 0 Å². The number of thiazole rings is 1. The van der Waals surface area contributed by atoms with Crippen molar-refractivity contribution in [2.24, 2.45) is 0 Å². The number of carbonyl (C=O) groups is 1. The summed E-state index contributed by atoms with van der Waals surface area (Å²) in [6.45, 7) is 6.33. The van der Waals surface area contributed by atoms with Gasteiger partial charge < -0.3 is 9.84 Å². The first kappa shape index (κ1) is 16.9. The average molecular weight is 361 g/mol. The topological polar surface area (TPSA) is 68.0 Å². The largest absolute Gasteiger partial charge is 0.361 e. The zero-order chi connectivity index (χ0) is 17.1. The van der Waals surface area contributed by atoms with Gasteiger partial charge in [-0.05, 0) is 39.3 Å². The quantitative estimate of drug-likeness (QED) is 0.720. The van der Waals surface area contributed by atoms with E-state index in [-0.39, 0.29) is 5.91 Å². The van der Waals surface area contributed by atoms with Gasteiger partial charge in [-0.15, -0.1) is 22.7 Å². The molecule has 24 heavy (non-hydrogen) atoms. The molecular formula is C17H19N3O2S2. The Kier molecular flexibility index (Phi) is 5.11. The highest BCUT2D eigenvalue weighted by atomic mass is 32.1. The molecule has 0 aliphatic carbocycles. The van der Waals surface area contributed by atoms with Gasteiger partial charge in [0, 0.05) is 22.2 Å². The molecule has 3 heterocycles. The maximum atomic E-state index is 12.0. The van der Waals surface area contributed by atoms with E-state index in [4.69, 9.17) is 4.52 Å². The highest BCUT2D eigenvalue weighted by Crippen LogP contribution is 2.28. The van der Waals surface area contributed by atoms with E-state index >= 15 is 0 Å². The van der Waals surface area contributed by atoms with E-state index in [1.165, 1.54) is 0 Å². The van der Waals surface area contributed by atoms with Crippen LogP contribution in [0.15, 0.2) is 22.0 Å². The minimum Gasteiger partial charge on any atom is -0.361 e. The van der Waals surface area contributed by atoms with Gasteiger partial charge >= 0.3 is 0 Å². The van der Waals surface area contributed by atoms with E-state index in [0.717, 1.165) is 37.5 Å². The molecule has 3 rings (SSSR count). The third-order valence-corrected chi connectivity index (χ3v) is 5.66. The van der Waals surface area contributed by atoms with Crippen LogP contribution in [0.1, 0.15) is 33.3 Å². The molecule has 0 saturated carbocycles. The van der Waals surface area contributed by atoms with Gasteiger partial charge in [0.1, 0.15) is 5.76 Å². The van der Waals surface area contributed by atoms with E-state index in [9.17, 15) is 4.79 Å². The van der Waals surface area contributed by atoms with Crippen molar-refractivity contribution in [3.05, 3.63) is 44.4 Å². The summed E-state index contributed by atoms with van der Waals surface area (Å²) >= 11 is 3.31. The molecule has 1 amide bonds. The van der Waals surface area contributed by atoms with Crippen LogP contribution in [0, 0.1) is 20.8 Å². The molecule has 0 aromatic carbocycles. The van der Waals surface area contributed by atoms with Crippen molar-refractivity contribution >= 4 is 28.6 Å². The Morgan fingerprint density at radius 1 is 1.29 bits per heavy atom. The van der Waals surface area contributed by atoms with E-state index in [1.807, 2.05) is 26.8 Å². The first-order valence-corrected chi connectivity index (χ1v) is 9.42. The van der Waals surface area contributed by atoms with Gasteiger partial charge in [-0.3, -0.25) is 4.79 Å². The highest BCUT2D eigenvalue weighted by molar-refractivity contribution is 7.16. The molecule has 0 atom stereocenters. The molecule has 1 N–H and O–H groups in total. The molecule has 0 aliphatic rings. The van der Waals surface area contributed by atoms with E-state index < -0.39 is 0 Å². The number of aryl methyl sites for hydroxylation is 3. The number of hydrogen-bond donors (Lipinski definition) is 1. The van der Waals surface area contributed by atoms with Gasteiger partial charge in [0.2, 0.25) is 5.91 Å². The molecule has 0 bridgehead atoms. The van der Waals surface area contributed by atoms with Crippen LogP contribution in [-0.4, -0.2) is 16.0 Å². The second-order valence-corrected chi connectivity index (χ2v) is 7.83. The number of nitrogens with zero attached hydrogens (tertiary/aromatic N) is 2. The first-order valence-electron chi connectivity index (χ1n) is 7.72. The van der Waals surface area contributed by atoms with Crippen molar-refractivity contribution in [3.63, 3.8) is 0 Å². The lowest BCUT2D eigenvalue weighted by atomic mass is 10.1. The molecule has 0 fully saturated rings. The fraction of sp³-hybridized carbons (Fsp3) is 0.353. The van der Waals surface area contributed by atoms with Gasteiger partial charge in [0.05, 0.1) is 27.8 Å². The number of rotatable bonds is 6. The number of nitrogens with one attached hydrogen (secondary N) is 1. The maximum absolute atomic E-state index is 12.0. The Balaban J connectivity index is 1.51.